The second-order valence-corrected chi connectivity index (χ2v) is 26.6. The van der Waals surface area contributed by atoms with Crippen LogP contribution in [-0.2, 0) is 30.5 Å². The molecule has 7 saturated carbocycles. The Morgan fingerprint density at radius 1 is 0.683 bits per heavy atom. The zero-order valence-corrected chi connectivity index (χ0v) is 41.3. The second-order valence-electron chi connectivity index (χ2n) is 25.4. The van der Waals surface area contributed by atoms with Gasteiger partial charge in [-0.1, -0.05) is 85.7 Å². The highest BCUT2D eigenvalue weighted by molar-refractivity contribution is 7.99. The fourth-order valence-electron chi connectivity index (χ4n) is 17.9. The van der Waals surface area contributed by atoms with Crippen LogP contribution in [0.15, 0.2) is 30.3 Å². The summed E-state index contributed by atoms with van der Waals surface area (Å²) in [6.45, 7) is 24.3. The fraction of sp³-hybridized carbons (Fsp3) is 0.836. The molecule has 10 rings (SSSR count). The van der Waals surface area contributed by atoms with Crippen molar-refractivity contribution >= 4 is 29.6 Å². The third-order valence-electron chi connectivity index (χ3n) is 22.3. The van der Waals surface area contributed by atoms with E-state index in [4.69, 9.17) is 9.47 Å². The van der Waals surface area contributed by atoms with Gasteiger partial charge in [-0.3, -0.25) is 19.3 Å². The number of likely N-dealkylation sites (tertiary alicyclic amines) is 1. The van der Waals surface area contributed by atoms with Gasteiger partial charge in [0.15, 0.2) is 0 Å². The van der Waals surface area contributed by atoms with E-state index in [0.717, 1.165) is 44.3 Å². The van der Waals surface area contributed by atoms with Gasteiger partial charge in [-0.25, -0.2) is 0 Å². The Morgan fingerprint density at radius 3 is 2.13 bits per heavy atom. The molecule has 9 aliphatic rings. The van der Waals surface area contributed by atoms with E-state index in [0.29, 0.717) is 53.4 Å². The van der Waals surface area contributed by atoms with Crippen molar-refractivity contribution in [1.29, 1.82) is 0 Å². The molecular formula is C55H82N2O5S. The number of thioether (sulfide) groups is 1. The third kappa shape index (κ3) is 6.89. The molecule has 0 spiro atoms. The first kappa shape index (κ1) is 44.8. The lowest BCUT2D eigenvalue weighted by Crippen LogP contribution is -2.68. The van der Waals surface area contributed by atoms with Crippen molar-refractivity contribution in [3.63, 3.8) is 0 Å². The van der Waals surface area contributed by atoms with Gasteiger partial charge in [-0.15, -0.1) is 0 Å². The summed E-state index contributed by atoms with van der Waals surface area (Å²) in [5, 5.41) is 0. The van der Waals surface area contributed by atoms with Crippen LogP contribution in [0.25, 0.3) is 0 Å². The largest absolute Gasteiger partial charge is 0.462 e. The highest BCUT2D eigenvalue weighted by Crippen LogP contribution is 2.79. The maximum Gasteiger partial charge on any atom is 0.309 e. The van der Waals surface area contributed by atoms with Crippen molar-refractivity contribution in [2.75, 3.05) is 37.7 Å². The van der Waals surface area contributed by atoms with Crippen molar-refractivity contribution in [1.82, 2.24) is 9.80 Å². The van der Waals surface area contributed by atoms with E-state index in [1.807, 2.05) is 44.2 Å². The molecule has 0 aromatic heterocycles. The number of benzene rings is 1. The molecule has 348 valence electrons. The van der Waals surface area contributed by atoms with Gasteiger partial charge in [0, 0.05) is 49.1 Å². The molecule has 7 nitrogen and oxygen atoms in total. The quantitative estimate of drug-likeness (QED) is 0.229. The molecular weight excluding hydrogens is 801 g/mol. The Balaban J connectivity index is 0.845. The zero-order valence-electron chi connectivity index (χ0n) is 40.5. The summed E-state index contributed by atoms with van der Waals surface area (Å²) in [5.41, 5.74) is 1.18. The van der Waals surface area contributed by atoms with Gasteiger partial charge in [0.1, 0.15) is 12.7 Å². The number of nitrogens with zero attached hydrogens (tertiary/aromatic N) is 2. The van der Waals surface area contributed by atoms with E-state index in [9.17, 15) is 9.59 Å². The zero-order chi connectivity index (χ0) is 44.4. The van der Waals surface area contributed by atoms with Gasteiger partial charge in [-0.05, 0) is 159 Å². The summed E-state index contributed by atoms with van der Waals surface area (Å²) < 4.78 is 12.4. The number of fused-ring (bicyclic) bond motifs is 7. The predicted molar refractivity (Wildman–Crippen MR) is 251 cm³/mol. The van der Waals surface area contributed by atoms with Gasteiger partial charge < -0.3 is 14.4 Å². The van der Waals surface area contributed by atoms with E-state index >= 15 is 4.79 Å². The minimum atomic E-state index is -0.501. The first-order valence-electron chi connectivity index (χ1n) is 25.9. The van der Waals surface area contributed by atoms with Crippen molar-refractivity contribution in [2.24, 2.45) is 79.3 Å². The summed E-state index contributed by atoms with van der Waals surface area (Å²) in [6, 6.07) is 10.2. The van der Waals surface area contributed by atoms with Gasteiger partial charge in [0.2, 0.25) is 5.91 Å². The molecule has 2 saturated heterocycles. The number of hydrogen-bond donors (Lipinski definition) is 0. The molecule has 7 aliphatic carbocycles. The number of carbonyl (C=O) groups is 3. The second kappa shape index (κ2) is 15.8. The molecule has 63 heavy (non-hydrogen) atoms. The highest BCUT2D eigenvalue weighted by atomic mass is 32.2. The summed E-state index contributed by atoms with van der Waals surface area (Å²) in [7, 11) is 0. The number of esters is 2. The number of rotatable bonds is 9. The summed E-state index contributed by atoms with van der Waals surface area (Å²) in [5.74, 6) is 5.01. The Labute approximate surface area is 385 Å². The van der Waals surface area contributed by atoms with E-state index in [2.05, 4.69) is 63.1 Å². The standard InChI is InChI=1S/C55H82N2O5S/c1-49(2)40(46(58)61-35-36-13-10-9-11-14-36)33-41(49)47(59)62-44-20-21-52(6)42(50(44,3)4)19-22-54(8)43(52)17-16-39-45-38(51(5)24-25-51)18-23-55(45,27-26-53(39,54)7)48(60)57-28-12-15-37(57)34-56-29-31-63-32-30-56/h9-11,13-14,37-45H,12,15-35H2,1-8H3/t37-,38+,39+,40-,41+,42-,43+,44-,45+,52-,53+,54+,55-/m0/s1. The molecule has 1 aromatic carbocycles. The summed E-state index contributed by atoms with van der Waals surface area (Å²) in [4.78, 5) is 48.0. The fourth-order valence-corrected chi connectivity index (χ4v) is 18.9. The SMILES string of the molecule is CC1([C@@H]2CC[C@]3(C(=O)N4CCC[C@H]4CN4CCSCC4)CC[C@]4(C)[C@H](CC[C@@H]5[C@@]6(C)CC[C@H](OC(=O)[C@H]7C[C@@H](C(=O)OCc8ccccc8)C7(C)C)C(C)(C)[C@@H]6CC[C@]54C)[C@@H]23)CC1. The van der Waals surface area contributed by atoms with Crippen molar-refractivity contribution in [2.45, 2.75) is 170 Å². The van der Waals surface area contributed by atoms with E-state index < -0.39 is 5.41 Å². The topological polar surface area (TPSA) is 76.2 Å². The average molecular weight is 883 g/mol. The maximum atomic E-state index is 15.6. The minimum absolute atomic E-state index is 0.121. The molecule has 0 bridgehead atoms. The van der Waals surface area contributed by atoms with Gasteiger partial charge in [0.25, 0.3) is 0 Å². The van der Waals surface area contributed by atoms with Gasteiger partial charge in [0.05, 0.1) is 17.3 Å². The number of ether oxygens (including phenoxy) is 2. The van der Waals surface area contributed by atoms with Crippen LogP contribution in [0, 0.1) is 79.3 Å². The molecule has 0 radical (unpaired) electrons. The van der Waals surface area contributed by atoms with E-state index in [1.54, 1.807) is 0 Å². The molecule has 1 amide bonds. The molecule has 0 N–H and O–H groups in total. The molecule has 2 heterocycles. The van der Waals surface area contributed by atoms with Crippen LogP contribution in [0.1, 0.15) is 157 Å². The van der Waals surface area contributed by atoms with Crippen LogP contribution in [0.5, 0.6) is 0 Å². The van der Waals surface area contributed by atoms with Crippen molar-refractivity contribution in [3.05, 3.63) is 35.9 Å². The number of carbonyl (C=O) groups excluding carboxylic acids is 3. The average Bonchev–Trinajstić information content (AvgIpc) is 3.62. The maximum absolute atomic E-state index is 15.6. The first-order chi connectivity index (χ1) is 29.9. The lowest BCUT2D eigenvalue weighted by atomic mass is 9.32. The molecule has 9 fully saturated rings. The van der Waals surface area contributed by atoms with Crippen LogP contribution in [0.3, 0.4) is 0 Å². The first-order valence-corrected chi connectivity index (χ1v) is 27.1. The number of hydrogen-bond acceptors (Lipinski definition) is 7. The van der Waals surface area contributed by atoms with Crippen LogP contribution in [-0.4, -0.2) is 77.5 Å². The third-order valence-corrected chi connectivity index (χ3v) is 23.2. The van der Waals surface area contributed by atoms with E-state index in [1.165, 1.54) is 88.8 Å². The van der Waals surface area contributed by atoms with Crippen LogP contribution in [0.2, 0.25) is 0 Å². The van der Waals surface area contributed by atoms with E-state index in [-0.39, 0.29) is 63.6 Å². The smallest absolute Gasteiger partial charge is 0.309 e. The number of amides is 1. The molecule has 0 unspecified atom stereocenters. The lowest BCUT2D eigenvalue weighted by molar-refractivity contribution is -0.253. The van der Waals surface area contributed by atoms with Crippen molar-refractivity contribution < 1.29 is 23.9 Å². The monoisotopic (exact) mass is 883 g/mol. The Kier molecular flexibility index (Phi) is 11.2. The summed E-state index contributed by atoms with van der Waals surface area (Å²) in [6.07, 6.45) is 17.0. The summed E-state index contributed by atoms with van der Waals surface area (Å²) >= 11 is 2.08. The Bertz CT molecular complexity index is 1920. The normalized spacial score (nSPS) is 44.5. The Hall–Kier alpha value is -2.06. The molecule has 1 aromatic rings. The van der Waals surface area contributed by atoms with Crippen LogP contribution >= 0.6 is 11.8 Å². The molecule has 2 aliphatic heterocycles. The highest BCUT2D eigenvalue weighted by Gasteiger charge is 2.74. The minimum Gasteiger partial charge on any atom is -0.462 e. The predicted octanol–water partition coefficient (Wildman–Crippen LogP) is 11.2. The lowest BCUT2D eigenvalue weighted by Gasteiger charge is -2.73. The van der Waals surface area contributed by atoms with Crippen LogP contribution < -0.4 is 0 Å². The molecule has 13 atom stereocenters. The molecule has 8 heteroatoms. The Morgan fingerprint density at radius 2 is 1.41 bits per heavy atom. The van der Waals surface area contributed by atoms with Gasteiger partial charge in [-0.2, -0.15) is 11.8 Å². The van der Waals surface area contributed by atoms with Crippen LogP contribution in [0.4, 0.5) is 0 Å². The van der Waals surface area contributed by atoms with Crippen molar-refractivity contribution in [3.8, 4) is 0 Å². The van der Waals surface area contributed by atoms with Gasteiger partial charge >= 0.3 is 11.9 Å².